The molecule has 12 nitrogen and oxygen atoms in total. The van der Waals surface area contributed by atoms with Crippen LogP contribution in [0.3, 0.4) is 0 Å². The van der Waals surface area contributed by atoms with E-state index < -0.39 is 23.9 Å². The zero-order chi connectivity index (χ0) is 33.6. The number of benzene rings is 2. The molecule has 12 heteroatoms. The molecule has 2 aromatic rings. The molecule has 0 saturated heterocycles. The van der Waals surface area contributed by atoms with Crippen LogP contribution >= 0.6 is 0 Å². The Morgan fingerprint density at radius 2 is 0.696 bits per heavy atom. The second-order valence-electron chi connectivity index (χ2n) is 7.87. The van der Waals surface area contributed by atoms with Crippen LogP contribution in [0.15, 0.2) is 137 Å². The number of hydrogen-bond acceptors (Lipinski definition) is 12. The predicted molar refractivity (Wildman–Crippen MR) is 166 cm³/mol. The first-order valence-corrected chi connectivity index (χ1v) is 12.8. The minimum absolute atomic E-state index is 0.212. The molecule has 0 aromatic heterocycles. The van der Waals surface area contributed by atoms with Gasteiger partial charge in [0.1, 0.15) is 50.1 Å². The summed E-state index contributed by atoms with van der Waals surface area (Å²) in [7, 11) is 0. The lowest BCUT2D eigenvalue weighted by molar-refractivity contribution is -0.133. The van der Waals surface area contributed by atoms with Crippen LogP contribution in [-0.4, -0.2) is 23.9 Å². The maximum Gasteiger partial charge on any atom is 0.335 e. The van der Waals surface area contributed by atoms with Crippen LogP contribution in [0.5, 0.6) is 23.0 Å². The third-order valence-electron chi connectivity index (χ3n) is 4.81. The Labute approximate surface area is 264 Å². The zero-order valence-electron chi connectivity index (χ0n) is 24.3. The van der Waals surface area contributed by atoms with E-state index in [1.54, 1.807) is 48.6 Å². The highest BCUT2D eigenvalue weighted by atomic mass is 16.6. The lowest BCUT2D eigenvalue weighted by Crippen LogP contribution is -1.95. The van der Waals surface area contributed by atoms with Gasteiger partial charge in [0.05, 0.1) is 0 Å². The van der Waals surface area contributed by atoms with Crippen molar-refractivity contribution < 1.29 is 57.1 Å². The quantitative estimate of drug-likeness (QED) is 0.0612. The number of carbonyl (C=O) groups is 4. The first-order chi connectivity index (χ1) is 22.3. The monoisotopic (exact) mass is 628 g/mol. The molecule has 0 unspecified atom stereocenters. The van der Waals surface area contributed by atoms with Crippen molar-refractivity contribution in [3.63, 3.8) is 0 Å². The molecule has 0 N–H and O–H groups in total. The summed E-state index contributed by atoms with van der Waals surface area (Å²) in [5.74, 6) is -1.82. The normalized spacial score (nSPS) is 10.9. The fraction of sp³-hybridized carbons (Fsp3) is 0. The van der Waals surface area contributed by atoms with E-state index in [2.05, 4.69) is 26.3 Å². The van der Waals surface area contributed by atoms with Crippen LogP contribution in [0, 0.1) is 0 Å². The van der Waals surface area contributed by atoms with Crippen molar-refractivity contribution in [3.05, 3.63) is 148 Å². The van der Waals surface area contributed by atoms with Crippen LogP contribution in [0.1, 0.15) is 11.1 Å². The number of carbonyl (C=O) groups excluding carboxylic acids is 4. The SMILES string of the molecule is C=CC(=O)OC=COc1ccc(C=Cc2ccc(OC=COC(=O)C=C)c(OC=COC(=O)C=C)c2)cc1OC=COC(=O)C=C. The third kappa shape index (κ3) is 13.4. The average Bonchev–Trinajstić information content (AvgIpc) is 3.08. The van der Waals surface area contributed by atoms with Crippen LogP contribution in [0.25, 0.3) is 12.2 Å². The van der Waals surface area contributed by atoms with E-state index in [4.69, 9.17) is 37.9 Å². The minimum Gasteiger partial charge on any atom is -0.458 e. The van der Waals surface area contributed by atoms with Crippen molar-refractivity contribution >= 4 is 36.0 Å². The zero-order valence-corrected chi connectivity index (χ0v) is 24.3. The lowest BCUT2D eigenvalue weighted by Gasteiger charge is -2.09. The predicted octanol–water partition coefficient (Wildman–Crippen LogP) is 6.17. The van der Waals surface area contributed by atoms with E-state index in [1.165, 1.54) is 0 Å². The highest BCUT2D eigenvalue weighted by molar-refractivity contribution is 5.82. The topological polar surface area (TPSA) is 142 Å². The van der Waals surface area contributed by atoms with Gasteiger partial charge in [-0.25, -0.2) is 19.2 Å². The van der Waals surface area contributed by atoms with Gasteiger partial charge in [-0.2, -0.15) is 0 Å². The van der Waals surface area contributed by atoms with Crippen molar-refractivity contribution in [2.75, 3.05) is 0 Å². The molecule has 0 saturated carbocycles. The van der Waals surface area contributed by atoms with Crippen molar-refractivity contribution in [1.29, 1.82) is 0 Å². The van der Waals surface area contributed by atoms with Crippen LogP contribution in [0.2, 0.25) is 0 Å². The highest BCUT2D eigenvalue weighted by Crippen LogP contribution is 2.32. The van der Waals surface area contributed by atoms with Gasteiger partial charge in [0.2, 0.25) is 0 Å². The summed E-state index contributed by atoms with van der Waals surface area (Å²) in [4.78, 5) is 45.0. The third-order valence-corrected chi connectivity index (χ3v) is 4.81. The van der Waals surface area contributed by atoms with E-state index in [9.17, 15) is 19.2 Å². The lowest BCUT2D eigenvalue weighted by atomic mass is 10.1. The molecule has 2 aromatic carbocycles. The van der Waals surface area contributed by atoms with Gasteiger partial charge in [-0.1, -0.05) is 50.6 Å². The Kier molecular flexibility index (Phi) is 15.5. The van der Waals surface area contributed by atoms with Gasteiger partial charge in [0.15, 0.2) is 23.0 Å². The van der Waals surface area contributed by atoms with Crippen LogP contribution in [0.4, 0.5) is 0 Å². The molecule has 0 heterocycles. The summed E-state index contributed by atoms with van der Waals surface area (Å²) in [6.45, 7) is 13.2. The van der Waals surface area contributed by atoms with E-state index >= 15 is 0 Å². The van der Waals surface area contributed by atoms with Crippen LogP contribution in [-0.2, 0) is 38.1 Å². The summed E-state index contributed by atoms with van der Waals surface area (Å²) in [5, 5.41) is 0. The Morgan fingerprint density at radius 3 is 0.978 bits per heavy atom. The number of ether oxygens (including phenoxy) is 8. The Hall–Kier alpha value is -6.82. The molecule has 0 spiro atoms. The van der Waals surface area contributed by atoms with Gasteiger partial charge in [-0.15, -0.1) is 0 Å². The van der Waals surface area contributed by atoms with Crippen molar-refractivity contribution in [1.82, 2.24) is 0 Å². The maximum absolute atomic E-state index is 11.3. The van der Waals surface area contributed by atoms with E-state index in [0.717, 1.165) is 74.4 Å². The number of rotatable bonds is 18. The molecular weight excluding hydrogens is 600 g/mol. The summed E-state index contributed by atoms with van der Waals surface area (Å²) in [5.41, 5.74) is 1.32. The summed E-state index contributed by atoms with van der Waals surface area (Å²) in [6, 6.07) is 9.84. The molecule has 2 rings (SSSR count). The molecule has 236 valence electrons. The van der Waals surface area contributed by atoms with Crippen molar-refractivity contribution in [3.8, 4) is 23.0 Å². The molecule has 0 amide bonds. The Bertz CT molecular complexity index is 1470. The van der Waals surface area contributed by atoms with Gasteiger partial charge in [0, 0.05) is 24.3 Å². The first-order valence-electron chi connectivity index (χ1n) is 12.8. The standard InChI is InChI=1S/C34H28O12/c1-5-31(35)43-19-15-39-27-13-11-25(23-29(27)41-17-21-45-33(37)7-3)9-10-26-12-14-28(40-16-20-44-32(36)6-2)30(24-26)42-18-22-46-34(38)8-4/h5-24H,1-4H2. The first kappa shape index (κ1) is 35.4. The maximum atomic E-state index is 11.3. The minimum atomic E-state index is -0.680. The second-order valence-corrected chi connectivity index (χ2v) is 7.87. The van der Waals surface area contributed by atoms with Crippen molar-refractivity contribution in [2.24, 2.45) is 0 Å². The summed E-state index contributed by atoms with van der Waals surface area (Å²) in [6.07, 6.45) is 16.0. The molecule has 0 radical (unpaired) electrons. The van der Waals surface area contributed by atoms with E-state index in [0.29, 0.717) is 11.1 Å². The highest BCUT2D eigenvalue weighted by Gasteiger charge is 2.08. The molecule has 0 aliphatic carbocycles. The van der Waals surface area contributed by atoms with Gasteiger partial charge in [-0.05, 0) is 35.4 Å². The molecular formula is C34H28O12. The number of hydrogen-bond donors (Lipinski definition) is 0. The second kappa shape index (κ2) is 20.1. The van der Waals surface area contributed by atoms with Gasteiger partial charge < -0.3 is 37.9 Å². The van der Waals surface area contributed by atoms with E-state index in [-0.39, 0.29) is 23.0 Å². The molecule has 0 aliphatic rings. The molecule has 0 bridgehead atoms. The van der Waals surface area contributed by atoms with Gasteiger partial charge >= 0.3 is 23.9 Å². The molecule has 0 atom stereocenters. The Balaban J connectivity index is 2.31. The number of esters is 4. The Morgan fingerprint density at radius 1 is 0.413 bits per heavy atom. The van der Waals surface area contributed by atoms with E-state index in [1.807, 2.05) is 0 Å². The fourth-order valence-electron chi connectivity index (χ4n) is 2.80. The van der Waals surface area contributed by atoms with Crippen molar-refractivity contribution in [2.45, 2.75) is 0 Å². The van der Waals surface area contributed by atoms with Gasteiger partial charge in [-0.3, -0.25) is 0 Å². The van der Waals surface area contributed by atoms with Gasteiger partial charge in [0.25, 0.3) is 0 Å². The van der Waals surface area contributed by atoms with Crippen LogP contribution < -0.4 is 18.9 Å². The molecule has 46 heavy (non-hydrogen) atoms. The molecule has 0 aliphatic heterocycles. The summed E-state index contributed by atoms with van der Waals surface area (Å²) >= 11 is 0. The average molecular weight is 629 g/mol. The molecule has 0 fully saturated rings. The largest absolute Gasteiger partial charge is 0.458 e. The smallest absolute Gasteiger partial charge is 0.335 e. The summed E-state index contributed by atoms with van der Waals surface area (Å²) < 4.78 is 41.1. The fourth-order valence-corrected chi connectivity index (χ4v) is 2.80.